The van der Waals surface area contributed by atoms with Gasteiger partial charge in [0.1, 0.15) is 16.3 Å². The van der Waals surface area contributed by atoms with Gasteiger partial charge in [0.15, 0.2) is 0 Å². The van der Waals surface area contributed by atoms with Gasteiger partial charge in [0, 0.05) is 18.5 Å². The van der Waals surface area contributed by atoms with Gasteiger partial charge in [-0.1, -0.05) is 56.4 Å². The van der Waals surface area contributed by atoms with E-state index in [1.54, 1.807) is 0 Å². The predicted molar refractivity (Wildman–Crippen MR) is 86.4 cm³/mol. The lowest BCUT2D eigenvalue weighted by atomic mass is 10.1. The van der Waals surface area contributed by atoms with Crippen LogP contribution < -0.4 is 5.32 Å². The standard InChI is InChI=1S/C16H21N3S/c1-11(2)9-14-18-15(10-16(20)19-14)17-12(3)13-7-5-4-6-8-13/h4-8,10-12H,9H2,1-3H3,(H2,17,18,19,20). The van der Waals surface area contributed by atoms with Gasteiger partial charge >= 0.3 is 0 Å². The minimum Gasteiger partial charge on any atom is -0.365 e. The van der Waals surface area contributed by atoms with Gasteiger partial charge in [0.05, 0.1) is 0 Å². The molecule has 1 atom stereocenters. The van der Waals surface area contributed by atoms with Crippen LogP contribution >= 0.6 is 12.2 Å². The lowest BCUT2D eigenvalue weighted by molar-refractivity contribution is 0.620. The maximum atomic E-state index is 5.24. The van der Waals surface area contributed by atoms with Crippen molar-refractivity contribution in [1.29, 1.82) is 0 Å². The van der Waals surface area contributed by atoms with Crippen LogP contribution in [-0.4, -0.2) is 9.97 Å². The molecule has 20 heavy (non-hydrogen) atoms. The summed E-state index contributed by atoms with van der Waals surface area (Å²) in [6.07, 6.45) is 0.902. The zero-order valence-corrected chi connectivity index (χ0v) is 13.0. The molecule has 106 valence electrons. The smallest absolute Gasteiger partial charge is 0.131 e. The number of H-pyrrole nitrogens is 1. The Hall–Kier alpha value is -1.68. The summed E-state index contributed by atoms with van der Waals surface area (Å²) in [7, 11) is 0. The van der Waals surface area contributed by atoms with Crippen LogP contribution in [0.15, 0.2) is 36.4 Å². The van der Waals surface area contributed by atoms with Crippen molar-refractivity contribution in [2.45, 2.75) is 33.2 Å². The van der Waals surface area contributed by atoms with Crippen molar-refractivity contribution in [3.63, 3.8) is 0 Å². The van der Waals surface area contributed by atoms with Crippen LogP contribution in [-0.2, 0) is 6.42 Å². The van der Waals surface area contributed by atoms with E-state index in [1.165, 1.54) is 5.56 Å². The van der Waals surface area contributed by atoms with Crippen molar-refractivity contribution < 1.29 is 0 Å². The molecule has 0 bridgehead atoms. The summed E-state index contributed by atoms with van der Waals surface area (Å²) in [6.45, 7) is 6.48. The largest absolute Gasteiger partial charge is 0.365 e. The molecule has 1 unspecified atom stereocenters. The Balaban J connectivity index is 2.17. The molecule has 0 aliphatic heterocycles. The van der Waals surface area contributed by atoms with E-state index < -0.39 is 0 Å². The fourth-order valence-electron chi connectivity index (χ4n) is 2.13. The van der Waals surface area contributed by atoms with Gasteiger partial charge < -0.3 is 10.3 Å². The molecule has 0 saturated heterocycles. The minimum absolute atomic E-state index is 0.219. The average Bonchev–Trinajstić information content (AvgIpc) is 2.38. The van der Waals surface area contributed by atoms with E-state index in [0.717, 1.165) is 18.1 Å². The predicted octanol–water partition coefficient (Wildman–Crippen LogP) is 4.51. The van der Waals surface area contributed by atoms with Crippen LogP contribution in [0.5, 0.6) is 0 Å². The molecule has 0 amide bonds. The quantitative estimate of drug-likeness (QED) is 0.795. The highest BCUT2D eigenvalue weighted by molar-refractivity contribution is 7.71. The molecule has 0 aliphatic rings. The van der Waals surface area contributed by atoms with Crippen LogP contribution in [0, 0.1) is 10.6 Å². The van der Waals surface area contributed by atoms with E-state index in [9.17, 15) is 0 Å². The van der Waals surface area contributed by atoms with E-state index in [4.69, 9.17) is 12.2 Å². The number of benzene rings is 1. The van der Waals surface area contributed by atoms with Gasteiger partial charge in [-0.2, -0.15) is 0 Å². The number of rotatable bonds is 5. The second kappa shape index (κ2) is 6.66. The third-order valence-electron chi connectivity index (χ3n) is 3.07. The Morgan fingerprint density at radius 3 is 2.55 bits per heavy atom. The van der Waals surface area contributed by atoms with Gasteiger partial charge in [-0.3, -0.25) is 0 Å². The first-order valence-electron chi connectivity index (χ1n) is 6.96. The SMILES string of the molecule is CC(C)Cc1nc(=S)cc(NC(C)c2ccccc2)[nH]1. The fraction of sp³-hybridized carbons (Fsp3) is 0.375. The third-order valence-corrected chi connectivity index (χ3v) is 3.27. The van der Waals surface area contributed by atoms with Crippen LogP contribution in [0.1, 0.15) is 38.2 Å². The molecular formula is C16H21N3S. The number of anilines is 1. The molecule has 0 radical (unpaired) electrons. The fourth-order valence-corrected chi connectivity index (χ4v) is 2.36. The lowest BCUT2D eigenvalue weighted by Gasteiger charge is -2.16. The molecule has 0 fully saturated rings. The van der Waals surface area contributed by atoms with Crippen molar-refractivity contribution in [3.8, 4) is 0 Å². The topological polar surface area (TPSA) is 40.7 Å². The molecule has 0 aliphatic carbocycles. The van der Waals surface area contributed by atoms with Crippen LogP contribution in [0.3, 0.4) is 0 Å². The van der Waals surface area contributed by atoms with Crippen LogP contribution in [0.4, 0.5) is 5.82 Å². The molecular weight excluding hydrogens is 266 g/mol. The molecule has 0 spiro atoms. The monoisotopic (exact) mass is 287 g/mol. The molecule has 4 heteroatoms. The van der Waals surface area contributed by atoms with Crippen molar-refractivity contribution in [3.05, 3.63) is 52.4 Å². The second-order valence-corrected chi connectivity index (χ2v) is 5.87. The van der Waals surface area contributed by atoms with Gasteiger partial charge in [-0.25, -0.2) is 4.98 Å². The molecule has 1 aromatic carbocycles. The lowest BCUT2D eigenvalue weighted by Crippen LogP contribution is -2.10. The highest BCUT2D eigenvalue weighted by atomic mass is 32.1. The van der Waals surface area contributed by atoms with Crippen molar-refractivity contribution >= 4 is 18.0 Å². The first-order valence-corrected chi connectivity index (χ1v) is 7.37. The minimum atomic E-state index is 0.219. The maximum Gasteiger partial charge on any atom is 0.131 e. The Labute approximate surface area is 125 Å². The number of hydrogen-bond acceptors (Lipinski definition) is 3. The molecule has 0 saturated carbocycles. The van der Waals surface area contributed by atoms with E-state index in [2.05, 4.69) is 48.2 Å². The summed E-state index contributed by atoms with van der Waals surface area (Å²) in [5.74, 6) is 2.42. The number of aromatic nitrogens is 2. The molecule has 2 N–H and O–H groups in total. The Morgan fingerprint density at radius 2 is 1.90 bits per heavy atom. The summed E-state index contributed by atoms with van der Waals surface area (Å²) in [5, 5.41) is 3.45. The zero-order chi connectivity index (χ0) is 14.5. The normalized spacial score (nSPS) is 12.4. The van der Waals surface area contributed by atoms with Gasteiger partial charge in [-0.15, -0.1) is 0 Å². The van der Waals surface area contributed by atoms with E-state index in [0.29, 0.717) is 10.6 Å². The van der Waals surface area contributed by atoms with E-state index in [1.807, 2.05) is 24.3 Å². The van der Waals surface area contributed by atoms with Gasteiger partial charge in [0.25, 0.3) is 0 Å². The summed E-state index contributed by atoms with van der Waals surface area (Å²) >= 11 is 5.24. The number of hydrogen-bond donors (Lipinski definition) is 2. The first-order chi connectivity index (χ1) is 9.54. The number of nitrogens with one attached hydrogen (secondary N) is 2. The summed E-state index contributed by atoms with van der Waals surface area (Å²) < 4.78 is 0.627. The highest BCUT2D eigenvalue weighted by Crippen LogP contribution is 2.18. The first kappa shape index (κ1) is 14.7. The Bertz CT molecular complexity index is 605. The Morgan fingerprint density at radius 1 is 1.20 bits per heavy atom. The van der Waals surface area contributed by atoms with Crippen molar-refractivity contribution in [2.24, 2.45) is 5.92 Å². The number of nitrogens with zero attached hydrogens (tertiary/aromatic N) is 1. The molecule has 2 aromatic rings. The average molecular weight is 287 g/mol. The maximum absolute atomic E-state index is 5.24. The summed E-state index contributed by atoms with van der Waals surface area (Å²) in [6, 6.07) is 12.4. The molecule has 1 aromatic heterocycles. The highest BCUT2D eigenvalue weighted by Gasteiger charge is 2.07. The van der Waals surface area contributed by atoms with Gasteiger partial charge in [-0.05, 0) is 18.4 Å². The van der Waals surface area contributed by atoms with Crippen LogP contribution in [0.2, 0.25) is 0 Å². The van der Waals surface area contributed by atoms with Gasteiger partial charge in [0.2, 0.25) is 0 Å². The zero-order valence-electron chi connectivity index (χ0n) is 12.2. The van der Waals surface area contributed by atoms with Crippen molar-refractivity contribution in [2.75, 3.05) is 5.32 Å². The summed E-state index contributed by atoms with van der Waals surface area (Å²) in [4.78, 5) is 7.70. The third kappa shape index (κ3) is 4.17. The van der Waals surface area contributed by atoms with Crippen LogP contribution in [0.25, 0.3) is 0 Å². The molecule has 1 heterocycles. The Kier molecular flexibility index (Phi) is 4.90. The van der Waals surface area contributed by atoms with E-state index >= 15 is 0 Å². The molecule has 3 nitrogen and oxygen atoms in total. The molecule has 2 rings (SSSR count). The summed E-state index contributed by atoms with van der Waals surface area (Å²) in [5.41, 5.74) is 1.24. The van der Waals surface area contributed by atoms with Crippen molar-refractivity contribution in [1.82, 2.24) is 9.97 Å². The number of aromatic amines is 1. The second-order valence-electron chi connectivity index (χ2n) is 5.45. The van der Waals surface area contributed by atoms with E-state index in [-0.39, 0.29) is 6.04 Å².